The van der Waals surface area contributed by atoms with E-state index in [1.54, 1.807) is 0 Å². The van der Waals surface area contributed by atoms with Crippen LogP contribution in [-0.4, -0.2) is 30.2 Å². The van der Waals surface area contributed by atoms with Gasteiger partial charge in [0.1, 0.15) is 6.61 Å². The van der Waals surface area contributed by atoms with E-state index in [4.69, 9.17) is 4.74 Å². The maximum Gasteiger partial charge on any atom is 0.407 e. The first kappa shape index (κ1) is 17.2. The molecule has 0 radical (unpaired) electrons. The number of ether oxygens (including phenoxy) is 1. The van der Waals surface area contributed by atoms with Crippen LogP contribution in [0.5, 0.6) is 0 Å². The minimum atomic E-state index is -0.368. The molecule has 1 aromatic rings. The Morgan fingerprint density at radius 3 is 2.55 bits per heavy atom. The Kier molecular flexibility index (Phi) is 7.29. The number of nitrogens with one attached hydrogen (secondary N) is 2. The van der Waals surface area contributed by atoms with E-state index in [0.717, 1.165) is 16.5 Å². The Morgan fingerprint density at radius 1 is 1.35 bits per heavy atom. The molecule has 0 aromatic heterocycles. The number of amides is 1. The summed E-state index contributed by atoms with van der Waals surface area (Å²) < 4.78 is 6.22. The van der Waals surface area contributed by atoms with Gasteiger partial charge in [-0.1, -0.05) is 66.8 Å². The number of rotatable bonds is 7. The van der Waals surface area contributed by atoms with Crippen LogP contribution in [0.1, 0.15) is 19.4 Å². The first-order chi connectivity index (χ1) is 9.49. The first-order valence-corrected chi connectivity index (χ1v) is 8.20. The molecule has 1 amide bonds. The highest BCUT2D eigenvalue weighted by Crippen LogP contribution is 2.23. The smallest absolute Gasteiger partial charge is 0.407 e. The number of hydrogen-bond acceptors (Lipinski definition) is 3. The van der Waals surface area contributed by atoms with Gasteiger partial charge in [0.2, 0.25) is 0 Å². The van der Waals surface area contributed by atoms with Gasteiger partial charge >= 0.3 is 6.09 Å². The summed E-state index contributed by atoms with van der Waals surface area (Å²) in [7, 11) is 1.88. The zero-order chi connectivity index (χ0) is 15.0. The molecular formula is C15H23IN2O2. The molecule has 2 N–H and O–H groups in total. The van der Waals surface area contributed by atoms with Crippen molar-refractivity contribution in [3.05, 3.63) is 35.9 Å². The fourth-order valence-corrected chi connectivity index (χ4v) is 2.26. The molecule has 112 valence electrons. The van der Waals surface area contributed by atoms with E-state index < -0.39 is 0 Å². The van der Waals surface area contributed by atoms with Crippen molar-refractivity contribution in [2.45, 2.75) is 26.5 Å². The molecule has 0 aliphatic carbocycles. The second kappa shape index (κ2) is 8.46. The average Bonchev–Trinajstić information content (AvgIpc) is 2.46. The molecule has 0 unspecified atom stereocenters. The Morgan fingerprint density at radius 2 is 2.00 bits per heavy atom. The molecule has 0 fully saturated rings. The van der Waals surface area contributed by atoms with Gasteiger partial charge in [0.05, 0.1) is 6.04 Å². The minimum absolute atomic E-state index is 0.00926. The lowest BCUT2D eigenvalue weighted by Crippen LogP contribution is -2.51. The Balaban J connectivity index is 2.50. The van der Waals surface area contributed by atoms with Gasteiger partial charge in [-0.2, -0.15) is 0 Å². The summed E-state index contributed by atoms with van der Waals surface area (Å²) >= 11 is 2.34. The third kappa shape index (κ3) is 5.66. The Hall–Kier alpha value is -0.820. The van der Waals surface area contributed by atoms with Crippen LogP contribution in [0.4, 0.5) is 4.79 Å². The maximum absolute atomic E-state index is 11.9. The van der Waals surface area contributed by atoms with Gasteiger partial charge in [-0.05, 0) is 18.0 Å². The second-order valence-electron chi connectivity index (χ2n) is 5.44. The maximum atomic E-state index is 11.9. The van der Waals surface area contributed by atoms with E-state index in [1.165, 1.54) is 0 Å². The predicted octanol–water partition coefficient (Wildman–Crippen LogP) is 2.96. The lowest BCUT2D eigenvalue weighted by Gasteiger charge is -2.33. The van der Waals surface area contributed by atoms with Crippen molar-refractivity contribution in [3.63, 3.8) is 0 Å². The third-order valence-corrected chi connectivity index (χ3v) is 5.17. The van der Waals surface area contributed by atoms with Gasteiger partial charge < -0.3 is 15.4 Å². The SMILES string of the molecule is CNC[C@@H](NC(=O)OCc1ccccc1)C(C)(C)CI. The second-order valence-corrected chi connectivity index (χ2v) is 6.20. The fraction of sp³-hybridized carbons (Fsp3) is 0.533. The van der Waals surface area contributed by atoms with Gasteiger partial charge in [-0.3, -0.25) is 0 Å². The Labute approximate surface area is 134 Å². The average molecular weight is 390 g/mol. The number of alkyl halides is 1. The molecule has 1 rings (SSSR count). The number of alkyl carbamates (subject to hydrolysis) is 1. The summed E-state index contributed by atoms with van der Waals surface area (Å²) in [5.74, 6) is 0. The highest BCUT2D eigenvalue weighted by molar-refractivity contribution is 14.1. The standard InChI is InChI=1S/C15H23IN2O2/c1-15(2,11-16)13(9-17-3)18-14(19)20-10-12-7-5-4-6-8-12/h4-8,13,17H,9-11H2,1-3H3,(H,18,19)/t13-/m1/s1. The van der Waals surface area contributed by atoms with Gasteiger partial charge in [0, 0.05) is 11.0 Å². The van der Waals surface area contributed by atoms with Crippen LogP contribution in [0.15, 0.2) is 30.3 Å². The van der Waals surface area contributed by atoms with E-state index in [0.29, 0.717) is 6.61 Å². The predicted molar refractivity (Wildman–Crippen MR) is 90.1 cm³/mol. The van der Waals surface area contributed by atoms with Crippen LogP contribution in [0.3, 0.4) is 0 Å². The summed E-state index contributed by atoms with van der Waals surface area (Å²) in [6, 6.07) is 9.71. The minimum Gasteiger partial charge on any atom is -0.445 e. The number of carbonyl (C=O) groups is 1. The lowest BCUT2D eigenvalue weighted by molar-refractivity contribution is 0.126. The number of hydrogen-bond donors (Lipinski definition) is 2. The van der Waals surface area contributed by atoms with E-state index in [9.17, 15) is 4.79 Å². The van der Waals surface area contributed by atoms with Crippen LogP contribution in [0, 0.1) is 5.41 Å². The molecular weight excluding hydrogens is 367 g/mol. The monoisotopic (exact) mass is 390 g/mol. The quantitative estimate of drug-likeness (QED) is 0.556. The van der Waals surface area contributed by atoms with Gasteiger partial charge in [0.15, 0.2) is 0 Å². The van der Waals surface area contributed by atoms with Crippen molar-refractivity contribution in [1.29, 1.82) is 0 Å². The molecule has 0 aliphatic heterocycles. The lowest BCUT2D eigenvalue weighted by atomic mass is 9.87. The number of halogens is 1. The molecule has 1 atom stereocenters. The van der Waals surface area contributed by atoms with Crippen molar-refractivity contribution in [2.24, 2.45) is 5.41 Å². The Bertz CT molecular complexity index is 410. The molecule has 0 aliphatic rings. The number of carbonyl (C=O) groups excluding carboxylic acids is 1. The number of likely N-dealkylation sites (N-methyl/N-ethyl adjacent to an activating group) is 1. The molecule has 0 heterocycles. The van der Waals surface area contributed by atoms with E-state index in [-0.39, 0.29) is 17.6 Å². The van der Waals surface area contributed by atoms with Crippen LogP contribution < -0.4 is 10.6 Å². The van der Waals surface area contributed by atoms with Gasteiger partial charge in [0.25, 0.3) is 0 Å². The highest BCUT2D eigenvalue weighted by Gasteiger charge is 2.29. The highest BCUT2D eigenvalue weighted by atomic mass is 127. The van der Waals surface area contributed by atoms with E-state index >= 15 is 0 Å². The summed E-state index contributed by atoms with van der Waals surface area (Å²) in [4.78, 5) is 11.9. The molecule has 0 saturated carbocycles. The van der Waals surface area contributed by atoms with Crippen molar-refractivity contribution in [3.8, 4) is 0 Å². The molecule has 4 nitrogen and oxygen atoms in total. The molecule has 0 spiro atoms. The number of benzene rings is 1. The van der Waals surface area contributed by atoms with Gasteiger partial charge in [-0.15, -0.1) is 0 Å². The van der Waals surface area contributed by atoms with E-state index in [1.807, 2.05) is 37.4 Å². The molecule has 0 saturated heterocycles. The topological polar surface area (TPSA) is 50.4 Å². The fourth-order valence-electron chi connectivity index (χ4n) is 1.73. The van der Waals surface area contributed by atoms with E-state index in [2.05, 4.69) is 47.1 Å². The molecule has 0 bridgehead atoms. The summed E-state index contributed by atoms with van der Waals surface area (Å²) in [5, 5.41) is 6.06. The normalized spacial score (nSPS) is 12.8. The zero-order valence-corrected chi connectivity index (χ0v) is 14.4. The van der Waals surface area contributed by atoms with Crippen molar-refractivity contribution in [2.75, 3.05) is 18.0 Å². The van der Waals surface area contributed by atoms with Crippen molar-refractivity contribution >= 4 is 28.7 Å². The van der Waals surface area contributed by atoms with Crippen LogP contribution in [0.25, 0.3) is 0 Å². The van der Waals surface area contributed by atoms with Crippen LogP contribution in [0.2, 0.25) is 0 Å². The first-order valence-electron chi connectivity index (χ1n) is 6.67. The molecule has 20 heavy (non-hydrogen) atoms. The molecule has 5 heteroatoms. The molecule has 1 aromatic carbocycles. The summed E-state index contributed by atoms with van der Waals surface area (Å²) in [5.41, 5.74) is 0.996. The van der Waals surface area contributed by atoms with Crippen LogP contribution >= 0.6 is 22.6 Å². The zero-order valence-electron chi connectivity index (χ0n) is 12.3. The largest absolute Gasteiger partial charge is 0.445 e. The van der Waals surface area contributed by atoms with Crippen molar-refractivity contribution in [1.82, 2.24) is 10.6 Å². The summed E-state index contributed by atoms with van der Waals surface area (Å²) in [6.45, 7) is 5.29. The summed E-state index contributed by atoms with van der Waals surface area (Å²) in [6.07, 6.45) is -0.368. The third-order valence-electron chi connectivity index (χ3n) is 3.20. The van der Waals surface area contributed by atoms with Crippen LogP contribution in [-0.2, 0) is 11.3 Å². The van der Waals surface area contributed by atoms with Crippen molar-refractivity contribution < 1.29 is 9.53 Å². The van der Waals surface area contributed by atoms with Gasteiger partial charge in [-0.25, -0.2) is 4.79 Å².